The van der Waals surface area contributed by atoms with E-state index in [-0.39, 0.29) is 18.6 Å². The number of fused-ring (bicyclic) bond motifs is 1. The lowest BCUT2D eigenvalue weighted by Gasteiger charge is -2.38. The molecule has 1 aliphatic heterocycles. The van der Waals surface area contributed by atoms with Crippen molar-refractivity contribution in [3.63, 3.8) is 0 Å². The molecule has 138 valence electrons. The zero-order valence-electron chi connectivity index (χ0n) is 15.5. The molecule has 6 nitrogen and oxygen atoms in total. The molecule has 0 aliphatic carbocycles. The van der Waals surface area contributed by atoms with Gasteiger partial charge in [0.2, 0.25) is 0 Å². The van der Waals surface area contributed by atoms with Crippen molar-refractivity contribution < 1.29 is 14.3 Å². The van der Waals surface area contributed by atoms with E-state index < -0.39 is 5.97 Å². The summed E-state index contributed by atoms with van der Waals surface area (Å²) >= 11 is 0. The van der Waals surface area contributed by atoms with Gasteiger partial charge in [0.1, 0.15) is 6.54 Å². The highest BCUT2D eigenvalue weighted by Gasteiger charge is 2.33. The Morgan fingerprint density at radius 2 is 2.04 bits per heavy atom. The van der Waals surface area contributed by atoms with Gasteiger partial charge in [-0.2, -0.15) is 0 Å². The average molecular weight is 355 g/mol. The Morgan fingerprint density at radius 3 is 2.77 bits per heavy atom. The van der Waals surface area contributed by atoms with Crippen LogP contribution in [0.25, 0.3) is 0 Å². The predicted molar refractivity (Wildman–Crippen MR) is 98.9 cm³/mol. The van der Waals surface area contributed by atoms with Crippen LogP contribution in [0.15, 0.2) is 36.5 Å². The monoisotopic (exact) mass is 355 g/mol. The summed E-state index contributed by atoms with van der Waals surface area (Å²) in [5.41, 5.74) is 4.51. The van der Waals surface area contributed by atoms with E-state index in [1.165, 1.54) is 5.56 Å². The van der Waals surface area contributed by atoms with Crippen molar-refractivity contribution in [3.8, 4) is 0 Å². The number of aromatic nitrogens is 1. The normalized spacial score (nSPS) is 16.1. The van der Waals surface area contributed by atoms with Crippen molar-refractivity contribution in [3.05, 3.63) is 58.9 Å². The first-order valence-electron chi connectivity index (χ1n) is 8.93. The largest absolute Gasteiger partial charge is 0.465 e. The molecule has 0 saturated carbocycles. The second-order valence-corrected chi connectivity index (χ2v) is 6.55. The topological polar surface area (TPSA) is 63.6 Å². The van der Waals surface area contributed by atoms with Crippen molar-refractivity contribution in [1.82, 2.24) is 14.8 Å². The Kier molecular flexibility index (Phi) is 5.30. The van der Waals surface area contributed by atoms with Crippen LogP contribution in [-0.4, -0.2) is 41.2 Å². The maximum absolute atomic E-state index is 12.8. The summed E-state index contributed by atoms with van der Waals surface area (Å²) in [6.45, 7) is 7.36. The number of aryl methyl sites for hydroxylation is 2. The first kappa shape index (κ1) is 18.0. The molecule has 2 amide bonds. The molecular weight excluding hydrogens is 330 g/mol. The molecule has 0 radical (unpaired) electrons. The van der Waals surface area contributed by atoms with Gasteiger partial charge in [-0.1, -0.05) is 23.8 Å². The number of esters is 1. The van der Waals surface area contributed by atoms with Gasteiger partial charge in [0.05, 0.1) is 12.6 Å². The van der Waals surface area contributed by atoms with Crippen molar-refractivity contribution >= 4 is 12.0 Å². The zero-order chi connectivity index (χ0) is 18.7. The van der Waals surface area contributed by atoms with Gasteiger partial charge in [-0.25, -0.2) is 4.79 Å². The number of carbonyl (C=O) groups excluding carboxylic acids is 2. The second-order valence-electron chi connectivity index (χ2n) is 6.55. The average Bonchev–Trinajstić information content (AvgIpc) is 3.08. The van der Waals surface area contributed by atoms with E-state index in [1.54, 1.807) is 11.8 Å². The van der Waals surface area contributed by atoms with Gasteiger partial charge in [-0.3, -0.25) is 4.79 Å². The van der Waals surface area contributed by atoms with Gasteiger partial charge in [-0.05, 0) is 44.0 Å². The summed E-state index contributed by atoms with van der Waals surface area (Å²) in [7, 11) is 0. The van der Waals surface area contributed by atoms with Crippen LogP contribution in [0.1, 0.15) is 35.3 Å². The number of benzene rings is 1. The fourth-order valence-electron chi connectivity index (χ4n) is 3.52. The lowest BCUT2D eigenvalue weighted by molar-refractivity contribution is -0.141. The summed E-state index contributed by atoms with van der Waals surface area (Å²) in [6, 6.07) is 9.91. The molecule has 0 bridgehead atoms. The Bertz CT molecular complexity index is 812. The number of hydrogen-bond donors (Lipinski definition) is 1. The Labute approximate surface area is 153 Å². The first-order valence-corrected chi connectivity index (χ1v) is 8.93. The van der Waals surface area contributed by atoms with Gasteiger partial charge in [0.25, 0.3) is 0 Å². The third-order valence-electron chi connectivity index (χ3n) is 4.71. The van der Waals surface area contributed by atoms with Crippen LogP contribution in [0.4, 0.5) is 4.79 Å². The van der Waals surface area contributed by atoms with Gasteiger partial charge in [-0.15, -0.1) is 0 Å². The highest BCUT2D eigenvalue weighted by Crippen LogP contribution is 2.34. The minimum atomic E-state index is -0.427. The van der Waals surface area contributed by atoms with E-state index in [4.69, 9.17) is 4.74 Å². The molecule has 3 rings (SSSR count). The second kappa shape index (κ2) is 7.64. The molecule has 1 unspecified atom stereocenters. The van der Waals surface area contributed by atoms with Gasteiger partial charge < -0.3 is 19.5 Å². The van der Waals surface area contributed by atoms with E-state index in [9.17, 15) is 9.59 Å². The lowest BCUT2D eigenvalue weighted by atomic mass is 9.94. The van der Waals surface area contributed by atoms with E-state index in [0.29, 0.717) is 13.2 Å². The maximum Gasteiger partial charge on any atom is 0.325 e. The van der Waals surface area contributed by atoms with Crippen LogP contribution in [0.5, 0.6) is 0 Å². The number of amides is 2. The fourth-order valence-corrected chi connectivity index (χ4v) is 3.52. The number of nitrogens with one attached hydrogen (secondary N) is 1. The number of urea groups is 1. The molecule has 0 saturated heterocycles. The quantitative estimate of drug-likeness (QED) is 0.858. The molecular formula is C20H25N3O3. The molecule has 0 fully saturated rings. The third-order valence-corrected chi connectivity index (χ3v) is 4.71. The van der Waals surface area contributed by atoms with Crippen LogP contribution < -0.4 is 5.32 Å². The molecule has 1 aromatic carbocycles. The van der Waals surface area contributed by atoms with Crippen molar-refractivity contribution in [2.45, 2.75) is 33.4 Å². The lowest BCUT2D eigenvalue weighted by Crippen LogP contribution is -2.48. The highest BCUT2D eigenvalue weighted by atomic mass is 16.5. The molecule has 6 heteroatoms. The Morgan fingerprint density at radius 1 is 1.23 bits per heavy atom. The molecule has 1 aromatic heterocycles. The molecule has 1 atom stereocenters. The number of ether oxygens (including phenoxy) is 1. The molecule has 26 heavy (non-hydrogen) atoms. The van der Waals surface area contributed by atoms with Crippen molar-refractivity contribution in [1.29, 1.82) is 0 Å². The maximum atomic E-state index is 12.8. The highest BCUT2D eigenvalue weighted by molar-refractivity contribution is 5.81. The smallest absolute Gasteiger partial charge is 0.325 e. The number of rotatable bonds is 4. The van der Waals surface area contributed by atoms with E-state index in [2.05, 4.69) is 48.0 Å². The minimum absolute atomic E-state index is 0.121. The molecule has 1 aliphatic rings. The predicted octanol–water partition coefficient (Wildman–Crippen LogP) is 2.78. The SMILES string of the molecule is CCOC(=O)CNC(=O)N1CCn2cccc2C1c1ccc(C)cc1C. The fraction of sp³-hybridized carbons (Fsp3) is 0.400. The summed E-state index contributed by atoms with van der Waals surface area (Å²) in [4.78, 5) is 26.2. The number of carbonyl (C=O) groups is 2. The van der Waals surface area contributed by atoms with Gasteiger partial charge in [0.15, 0.2) is 0 Å². The molecule has 1 N–H and O–H groups in total. The Balaban J connectivity index is 1.89. The van der Waals surface area contributed by atoms with Gasteiger partial charge >= 0.3 is 12.0 Å². The summed E-state index contributed by atoms with van der Waals surface area (Å²) < 4.78 is 7.07. The summed E-state index contributed by atoms with van der Waals surface area (Å²) in [5, 5.41) is 2.69. The van der Waals surface area contributed by atoms with Crippen LogP contribution in [0, 0.1) is 13.8 Å². The molecule has 2 aromatic rings. The Hall–Kier alpha value is -2.76. The van der Waals surface area contributed by atoms with Crippen molar-refractivity contribution in [2.24, 2.45) is 0 Å². The van der Waals surface area contributed by atoms with Crippen LogP contribution in [0.2, 0.25) is 0 Å². The summed E-state index contributed by atoms with van der Waals surface area (Å²) in [5.74, 6) is -0.427. The number of nitrogens with zero attached hydrogens (tertiary/aromatic N) is 2. The standard InChI is InChI=1S/C20H25N3O3/c1-4-26-18(24)13-21-20(25)23-11-10-22-9-5-6-17(22)19(23)16-8-7-14(2)12-15(16)3/h5-9,12,19H,4,10-11,13H2,1-3H3,(H,21,25). The van der Waals surface area contributed by atoms with Crippen LogP contribution in [0.3, 0.4) is 0 Å². The van der Waals surface area contributed by atoms with Crippen molar-refractivity contribution in [2.75, 3.05) is 19.7 Å². The number of hydrogen-bond acceptors (Lipinski definition) is 3. The van der Waals surface area contributed by atoms with E-state index >= 15 is 0 Å². The molecule has 2 heterocycles. The first-order chi connectivity index (χ1) is 12.5. The van der Waals surface area contributed by atoms with E-state index in [0.717, 1.165) is 23.4 Å². The van der Waals surface area contributed by atoms with Crippen LogP contribution >= 0.6 is 0 Å². The van der Waals surface area contributed by atoms with Crippen LogP contribution in [-0.2, 0) is 16.1 Å². The van der Waals surface area contributed by atoms with E-state index in [1.807, 2.05) is 12.3 Å². The molecule has 0 spiro atoms. The third kappa shape index (κ3) is 3.59. The summed E-state index contributed by atoms with van der Waals surface area (Å²) in [6.07, 6.45) is 2.04. The van der Waals surface area contributed by atoms with Gasteiger partial charge in [0, 0.05) is 25.0 Å². The zero-order valence-corrected chi connectivity index (χ0v) is 15.5. The minimum Gasteiger partial charge on any atom is -0.465 e.